The number of para-hydroxylation sites is 1. The Bertz CT molecular complexity index is 299. The van der Waals surface area contributed by atoms with E-state index in [0.29, 0.717) is 6.42 Å². The van der Waals surface area contributed by atoms with Crippen molar-refractivity contribution in [3.8, 4) is 0 Å². The lowest BCUT2D eigenvalue weighted by Crippen LogP contribution is -2.10. The van der Waals surface area contributed by atoms with Crippen molar-refractivity contribution in [2.75, 3.05) is 5.32 Å². The molecule has 1 aromatic carbocycles. The fourth-order valence-electron chi connectivity index (χ4n) is 1.02. The van der Waals surface area contributed by atoms with Crippen molar-refractivity contribution < 1.29 is 4.79 Å². The summed E-state index contributed by atoms with van der Waals surface area (Å²) >= 11 is 4.23. The number of thiol groups is 1. The molecule has 2 nitrogen and oxygen atoms in total. The van der Waals surface area contributed by atoms with Gasteiger partial charge < -0.3 is 5.32 Å². The molecule has 0 aliphatic carbocycles. The van der Waals surface area contributed by atoms with Gasteiger partial charge in [-0.15, -0.1) is 12.6 Å². The molecule has 0 bridgehead atoms. The van der Waals surface area contributed by atoms with Gasteiger partial charge in [0, 0.05) is 11.3 Å². The minimum Gasteiger partial charge on any atom is -0.325 e. The van der Waals surface area contributed by atoms with Gasteiger partial charge >= 0.3 is 0 Å². The minimum absolute atomic E-state index is 0.0454. The highest BCUT2D eigenvalue weighted by molar-refractivity contribution is 7.80. The van der Waals surface area contributed by atoms with Crippen molar-refractivity contribution in [1.82, 2.24) is 0 Å². The van der Waals surface area contributed by atoms with Crippen LogP contribution in [0.15, 0.2) is 29.2 Å². The summed E-state index contributed by atoms with van der Waals surface area (Å²) in [6.45, 7) is 1.98. The number of hydrogen-bond acceptors (Lipinski definition) is 2. The van der Waals surface area contributed by atoms with Gasteiger partial charge in [0.2, 0.25) is 5.91 Å². The highest BCUT2D eigenvalue weighted by Gasteiger charge is 2.02. The van der Waals surface area contributed by atoms with Crippen molar-refractivity contribution >= 4 is 24.2 Å². The van der Waals surface area contributed by atoms with E-state index in [1.54, 1.807) is 0 Å². The monoisotopic (exact) mass is 195 g/mol. The maximum atomic E-state index is 11.2. The van der Waals surface area contributed by atoms with Crippen LogP contribution in [0.2, 0.25) is 0 Å². The largest absolute Gasteiger partial charge is 0.325 e. The Morgan fingerprint density at radius 2 is 2.15 bits per heavy atom. The van der Waals surface area contributed by atoms with Crippen LogP contribution in [0.25, 0.3) is 0 Å². The predicted molar refractivity (Wildman–Crippen MR) is 57.2 cm³/mol. The number of rotatable bonds is 3. The zero-order valence-electron chi connectivity index (χ0n) is 7.58. The Morgan fingerprint density at radius 3 is 2.77 bits per heavy atom. The SMILES string of the molecule is CCCC(=O)Nc1ccccc1S. The topological polar surface area (TPSA) is 29.1 Å². The summed E-state index contributed by atoms with van der Waals surface area (Å²) in [5.41, 5.74) is 0.782. The number of nitrogens with one attached hydrogen (secondary N) is 1. The molecule has 3 heteroatoms. The van der Waals surface area contributed by atoms with E-state index in [4.69, 9.17) is 0 Å². The molecule has 0 saturated heterocycles. The minimum atomic E-state index is 0.0454. The Kier molecular flexibility index (Phi) is 3.83. The van der Waals surface area contributed by atoms with Gasteiger partial charge in [-0.25, -0.2) is 0 Å². The fourth-order valence-corrected chi connectivity index (χ4v) is 1.24. The second-order valence-electron chi connectivity index (χ2n) is 2.82. The van der Waals surface area contributed by atoms with Crippen molar-refractivity contribution in [3.63, 3.8) is 0 Å². The van der Waals surface area contributed by atoms with Gasteiger partial charge in [-0.1, -0.05) is 19.1 Å². The van der Waals surface area contributed by atoms with E-state index in [9.17, 15) is 4.79 Å². The number of carbonyl (C=O) groups excluding carboxylic acids is 1. The molecule has 13 heavy (non-hydrogen) atoms. The molecule has 1 aromatic rings. The number of hydrogen-bond donors (Lipinski definition) is 2. The third kappa shape index (κ3) is 3.11. The first kappa shape index (κ1) is 10.1. The molecule has 1 amide bonds. The summed E-state index contributed by atoms with van der Waals surface area (Å²) in [5, 5.41) is 2.80. The lowest BCUT2D eigenvalue weighted by atomic mass is 10.3. The number of benzene rings is 1. The van der Waals surface area contributed by atoms with Gasteiger partial charge in [0.1, 0.15) is 0 Å². The van der Waals surface area contributed by atoms with Crippen LogP contribution in [0.4, 0.5) is 5.69 Å². The summed E-state index contributed by atoms with van der Waals surface area (Å²) in [6.07, 6.45) is 1.42. The molecular formula is C10H13NOS. The standard InChI is InChI=1S/C10H13NOS/c1-2-5-10(12)11-8-6-3-4-7-9(8)13/h3-4,6-7,13H,2,5H2,1H3,(H,11,12). The molecule has 0 heterocycles. The second kappa shape index (κ2) is 4.92. The van der Waals surface area contributed by atoms with Gasteiger partial charge in [-0.05, 0) is 18.6 Å². The number of anilines is 1. The van der Waals surface area contributed by atoms with Crippen LogP contribution in [-0.2, 0) is 4.79 Å². The molecule has 1 rings (SSSR count). The lowest BCUT2D eigenvalue weighted by molar-refractivity contribution is -0.116. The van der Waals surface area contributed by atoms with Crippen LogP contribution in [0.3, 0.4) is 0 Å². The number of amides is 1. The van der Waals surface area contributed by atoms with Crippen molar-refractivity contribution in [2.45, 2.75) is 24.7 Å². The van der Waals surface area contributed by atoms with E-state index >= 15 is 0 Å². The molecule has 0 aromatic heterocycles. The summed E-state index contributed by atoms with van der Waals surface area (Å²) in [7, 11) is 0. The highest BCUT2D eigenvalue weighted by Crippen LogP contribution is 2.18. The first-order chi connectivity index (χ1) is 6.24. The smallest absolute Gasteiger partial charge is 0.224 e. The maximum Gasteiger partial charge on any atom is 0.224 e. The molecule has 1 N–H and O–H groups in total. The molecule has 0 spiro atoms. The Hall–Kier alpha value is -0.960. The average molecular weight is 195 g/mol. The molecule has 0 aliphatic rings. The Labute approximate surface area is 83.8 Å². The highest BCUT2D eigenvalue weighted by atomic mass is 32.1. The van der Waals surface area contributed by atoms with Gasteiger partial charge in [-0.3, -0.25) is 4.79 Å². The third-order valence-electron chi connectivity index (χ3n) is 1.66. The molecular weight excluding hydrogens is 182 g/mol. The van der Waals surface area contributed by atoms with E-state index in [0.717, 1.165) is 17.0 Å². The molecule has 0 fully saturated rings. The van der Waals surface area contributed by atoms with Crippen LogP contribution in [0, 0.1) is 0 Å². The molecule has 0 aliphatic heterocycles. The third-order valence-corrected chi connectivity index (χ3v) is 2.05. The van der Waals surface area contributed by atoms with Crippen molar-refractivity contribution in [1.29, 1.82) is 0 Å². The van der Waals surface area contributed by atoms with Crippen LogP contribution in [0.1, 0.15) is 19.8 Å². The van der Waals surface area contributed by atoms with Gasteiger partial charge in [0.15, 0.2) is 0 Å². The first-order valence-electron chi connectivity index (χ1n) is 4.32. The van der Waals surface area contributed by atoms with Crippen LogP contribution in [-0.4, -0.2) is 5.91 Å². The molecule has 0 saturated carbocycles. The lowest BCUT2D eigenvalue weighted by Gasteiger charge is -2.05. The van der Waals surface area contributed by atoms with E-state index < -0.39 is 0 Å². The Balaban J connectivity index is 2.63. The van der Waals surface area contributed by atoms with Gasteiger partial charge in [-0.2, -0.15) is 0 Å². The molecule has 0 unspecified atom stereocenters. The van der Waals surface area contributed by atoms with Crippen LogP contribution in [0.5, 0.6) is 0 Å². The fraction of sp³-hybridized carbons (Fsp3) is 0.300. The maximum absolute atomic E-state index is 11.2. The molecule has 70 valence electrons. The van der Waals surface area contributed by atoms with Gasteiger partial charge in [0.05, 0.1) is 5.69 Å². The normalized spacial score (nSPS) is 9.69. The summed E-state index contributed by atoms with van der Waals surface area (Å²) in [5.74, 6) is 0.0454. The predicted octanol–water partition coefficient (Wildman–Crippen LogP) is 2.71. The quantitative estimate of drug-likeness (QED) is 0.713. The zero-order chi connectivity index (χ0) is 9.68. The average Bonchev–Trinajstić information content (AvgIpc) is 2.09. The number of carbonyl (C=O) groups is 1. The molecule has 0 radical (unpaired) electrons. The second-order valence-corrected chi connectivity index (χ2v) is 3.30. The van der Waals surface area contributed by atoms with Crippen molar-refractivity contribution in [3.05, 3.63) is 24.3 Å². The van der Waals surface area contributed by atoms with Crippen LogP contribution >= 0.6 is 12.6 Å². The summed E-state index contributed by atoms with van der Waals surface area (Å²) < 4.78 is 0. The Morgan fingerprint density at radius 1 is 1.46 bits per heavy atom. The summed E-state index contributed by atoms with van der Waals surface area (Å²) in [4.78, 5) is 12.0. The van der Waals surface area contributed by atoms with Gasteiger partial charge in [0.25, 0.3) is 0 Å². The zero-order valence-corrected chi connectivity index (χ0v) is 8.47. The van der Waals surface area contributed by atoms with Crippen LogP contribution < -0.4 is 5.32 Å². The molecule has 0 atom stereocenters. The van der Waals surface area contributed by atoms with E-state index in [1.165, 1.54) is 0 Å². The van der Waals surface area contributed by atoms with E-state index in [-0.39, 0.29) is 5.91 Å². The van der Waals surface area contributed by atoms with E-state index in [1.807, 2.05) is 31.2 Å². The summed E-state index contributed by atoms with van der Waals surface area (Å²) in [6, 6.07) is 7.46. The van der Waals surface area contributed by atoms with Crippen molar-refractivity contribution in [2.24, 2.45) is 0 Å². The van der Waals surface area contributed by atoms with E-state index in [2.05, 4.69) is 17.9 Å². The first-order valence-corrected chi connectivity index (χ1v) is 4.76.